The lowest BCUT2D eigenvalue weighted by atomic mass is 10.0. The SMILES string of the molecule is CCCCCCCC/C=C/CCCCCCCCCCCCCC(=O)OC[C@@H](O)CO. The number of unbranched alkanes of at least 4 members (excludes halogenated alkanes) is 17. The molecule has 4 heteroatoms. The molecular weight excluding hydrogens is 388 g/mol. The summed E-state index contributed by atoms with van der Waals surface area (Å²) in [5.74, 6) is -0.277. The second kappa shape index (κ2) is 25.4. The van der Waals surface area contributed by atoms with Crippen molar-refractivity contribution in [2.75, 3.05) is 13.2 Å². The molecule has 4 nitrogen and oxygen atoms in total. The Kier molecular flexibility index (Phi) is 24.7. The predicted molar refractivity (Wildman–Crippen MR) is 131 cm³/mol. The number of hydrogen-bond acceptors (Lipinski definition) is 4. The highest BCUT2D eigenvalue weighted by Gasteiger charge is 2.07. The molecule has 0 fully saturated rings. The summed E-state index contributed by atoms with van der Waals surface area (Å²) in [4.78, 5) is 11.4. The first-order chi connectivity index (χ1) is 15.2. The number of ether oxygens (including phenoxy) is 1. The molecule has 0 aromatic heterocycles. The molecule has 184 valence electrons. The first-order valence-electron chi connectivity index (χ1n) is 13.3. The first-order valence-corrected chi connectivity index (χ1v) is 13.3. The second-order valence-corrected chi connectivity index (χ2v) is 8.98. The topological polar surface area (TPSA) is 66.8 Å². The van der Waals surface area contributed by atoms with Crippen LogP contribution < -0.4 is 0 Å². The van der Waals surface area contributed by atoms with Gasteiger partial charge in [-0.2, -0.15) is 0 Å². The van der Waals surface area contributed by atoms with E-state index in [9.17, 15) is 4.79 Å². The van der Waals surface area contributed by atoms with Gasteiger partial charge in [0.15, 0.2) is 0 Å². The fourth-order valence-corrected chi connectivity index (χ4v) is 3.71. The third-order valence-corrected chi connectivity index (χ3v) is 5.79. The van der Waals surface area contributed by atoms with Crippen molar-refractivity contribution >= 4 is 5.97 Å². The normalized spacial score (nSPS) is 12.5. The number of carbonyl (C=O) groups is 1. The zero-order chi connectivity index (χ0) is 22.8. The van der Waals surface area contributed by atoms with E-state index in [-0.39, 0.29) is 19.2 Å². The Morgan fingerprint density at radius 1 is 0.710 bits per heavy atom. The highest BCUT2D eigenvalue weighted by atomic mass is 16.5. The monoisotopic (exact) mass is 440 g/mol. The molecule has 0 unspecified atom stereocenters. The summed E-state index contributed by atoms with van der Waals surface area (Å²) < 4.78 is 4.89. The van der Waals surface area contributed by atoms with Gasteiger partial charge in [0.05, 0.1) is 6.61 Å². The van der Waals surface area contributed by atoms with Crippen LogP contribution in [0.2, 0.25) is 0 Å². The van der Waals surface area contributed by atoms with Crippen LogP contribution in [0.15, 0.2) is 12.2 Å². The average molecular weight is 441 g/mol. The number of carbonyl (C=O) groups excluding carboxylic acids is 1. The Morgan fingerprint density at radius 3 is 1.58 bits per heavy atom. The summed E-state index contributed by atoms with van der Waals surface area (Å²) in [6, 6.07) is 0. The molecule has 0 saturated carbocycles. The van der Waals surface area contributed by atoms with Gasteiger partial charge in [-0.3, -0.25) is 4.79 Å². The van der Waals surface area contributed by atoms with Gasteiger partial charge in [0.25, 0.3) is 0 Å². The Bertz CT molecular complexity index is 395. The molecule has 0 aromatic carbocycles. The van der Waals surface area contributed by atoms with Gasteiger partial charge >= 0.3 is 5.97 Å². The van der Waals surface area contributed by atoms with Gasteiger partial charge in [0.2, 0.25) is 0 Å². The highest BCUT2D eigenvalue weighted by molar-refractivity contribution is 5.69. The summed E-state index contributed by atoms with van der Waals surface area (Å²) in [5.41, 5.74) is 0. The van der Waals surface area contributed by atoms with Gasteiger partial charge in [-0.15, -0.1) is 0 Å². The van der Waals surface area contributed by atoms with Crippen LogP contribution >= 0.6 is 0 Å². The summed E-state index contributed by atoms with van der Waals surface area (Å²) >= 11 is 0. The maximum Gasteiger partial charge on any atom is 0.305 e. The minimum Gasteiger partial charge on any atom is -0.463 e. The molecule has 0 rings (SSSR count). The molecule has 0 radical (unpaired) electrons. The minimum atomic E-state index is -0.958. The van der Waals surface area contributed by atoms with E-state index in [4.69, 9.17) is 14.9 Å². The van der Waals surface area contributed by atoms with Crippen LogP contribution in [0.1, 0.15) is 135 Å². The van der Waals surface area contributed by atoms with Crippen LogP contribution in [-0.4, -0.2) is 35.5 Å². The third-order valence-electron chi connectivity index (χ3n) is 5.79. The van der Waals surface area contributed by atoms with E-state index in [0.29, 0.717) is 6.42 Å². The second-order valence-electron chi connectivity index (χ2n) is 8.98. The Labute approximate surface area is 192 Å². The minimum absolute atomic E-state index is 0.106. The van der Waals surface area contributed by atoms with Crippen LogP contribution in [0.25, 0.3) is 0 Å². The fraction of sp³-hybridized carbons (Fsp3) is 0.889. The molecule has 0 saturated heterocycles. The lowest BCUT2D eigenvalue weighted by Gasteiger charge is -2.08. The molecule has 0 bridgehead atoms. The molecule has 1 atom stereocenters. The molecule has 0 aliphatic rings. The number of aliphatic hydroxyl groups is 2. The van der Waals surface area contributed by atoms with Crippen molar-refractivity contribution in [1.82, 2.24) is 0 Å². The van der Waals surface area contributed by atoms with E-state index < -0.39 is 6.10 Å². The predicted octanol–water partition coefficient (Wildman–Crippen LogP) is 7.26. The molecule has 2 N–H and O–H groups in total. The lowest BCUT2D eigenvalue weighted by molar-refractivity contribution is -0.147. The van der Waals surface area contributed by atoms with Crippen molar-refractivity contribution in [3.8, 4) is 0 Å². The van der Waals surface area contributed by atoms with Gasteiger partial charge in [-0.25, -0.2) is 0 Å². The van der Waals surface area contributed by atoms with Crippen LogP contribution in [0.5, 0.6) is 0 Å². The standard InChI is InChI=1S/C27H52O4/c1-2-3-4-5-6-7-8-9-10-11-12-13-14-15-16-17-18-19-20-21-22-23-27(30)31-25-26(29)24-28/h9-10,26,28-29H,2-8,11-25H2,1H3/b10-9+/t26-/m0/s1. The van der Waals surface area contributed by atoms with E-state index >= 15 is 0 Å². The van der Waals surface area contributed by atoms with Crippen molar-refractivity contribution in [3.05, 3.63) is 12.2 Å². The molecule has 31 heavy (non-hydrogen) atoms. The smallest absolute Gasteiger partial charge is 0.305 e. The van der Waals surface area contributed by atoms with Gasteiger partial charge in [0.1, 0.15) is 12.7 Å². The average Bonchev–Trinajstić information content (AvgIpc) is 2.78. The van der Waals surface area contributed by atoms with Crippen LogP contribution in [0.3, 0.4) is 0 Å². The Balaban J connectivity index is 3.17. The van der Waals surface area contributed by atoms with Gasteiger partial charge in [0, 0.05) is 6.42 Å². The first kappa shape index (κ1) is 30.1. The van der Waals surface area contributed by atoms with Crippen molar-refractivity contribution in [3.63, 3.8) is 0 Å². The summed E-state index contributed by atoms with van der Waals surface area (Å²) in [6.45, 7) is 1.80. The molecule has 0 aromatic rings. The molecule has 0 spiro atoms. The fourth-order valence-electron chi connectivity index (χ4n) is 3.71. The highest BCUT2D eigenvalue weighted by Crippen LogP contribution is 2.13. The molecule has 0 aliphatic heterocycles. The lowest BCUT2D eigenvalue weighted by Crippen LogP contribution is -2.21. The van der Waals surface area contributed by atoms with Crippen LogP contribution in [-0.2, 0) is 9.53 Å². The number of rotatable bonds is 24. The van der Waals surface area contributed by atoms with Gasteiger partial charge in [-0.05, 0) is 32.1 Å². The summed E-state index contributed by atoms with van der Waals surface area (Å²) in [7, 11) is 0. The van der Waals surface area contributed by atoms with Crippen molar-refractivity contribution in [2.45, 2.75) is 141 Å². The number of aliphatic hydroxyl groups excluding tert-OH is 2. The summed E-state index contributed by atoms with van der Waals surface area (Å²) in [5, 5.41) is 17.8. The molecule has 0 heterocycles. The maximum atomic E-state index is 11.4. The quantitative estimate of drug-likeness (QED) is 0.0941. The van der Waals surface area contributed by atoms with E-state index in [0.717, 1.165) is 12.8 Å². The van der Waals surface area contributed by atoms with Crippen molar-refractivity contribution in [2.24, 2.45) is 0 Å². The van der Waals surface area contributed by atoms with Crippen LogP contribution in [0.4, 0.5) is 0 Å². The summed E-state index contributed by atoms with van der Waals surface area (Å²) in [6.07, 6.45) is 28.9. The Hall–Kier alpha value is -0.870. The number of allylic oxidation sites excluding steroid dienone is 2. The number of hydrogen-bond donors (Lipinski definition) is 2. The van der Waals surface area contributed by atoms with E-state index in [1.54, 1.807) is 0 Å². The molecule has 0 amide bonds. The van der Waals surface area contributed by atoms with E-state index in [1.165, 1.54) is 109 Å². The van der Waals surface area contributed by atoms with E-state index in [1.807, 2.05) is 0 Å². The largest absolute Gasteiger partial charge is 0.463 e. The number of esters is 1. The van der Waals surface area contributed by atoms with Crippen LogP contribution in [0, 0.1) is 0 Å². The van der Waals surface area contributed by atoms with Gasteiger partial charge in [-0.1, -0.05) is 109 Å². The Morgan fingerprint density at radius 2 is 1.13 bits per heavy atom. The van der Waals surface area contributed by atoms with Crippen molar-refractivity contribution in [1.29, 1.82) is 0 Å². The zero-order valence-electron chi connectivity index (χ0n) is 20.5. The maximum absolute atomic E-state index is 11.4. The molecule has 0 aliphatic carbocycles. The zero-order valence-corrected chi connectivity index (χ0v) is 20.5. The third kappa shape index (κ3) is 25.3. The molecular formula is C27H52O4. The van der Waals surface area contributed by atoms with E-state index in [2.05, 4.69) is 19.1 Å². The van der Waals surface area contributed by atoms with Crippen molar-refractivity contribution < 1.29 is 19.7 Å². The van der Waals surface area contributed by atoms with Gasteiger partial charge < -0.3 is 14.9 Å².